The summed E-state index contributed by atoms with van der Waals surface area (Å²) in [7, 11) is 0. The predicted octanol–water partition coefficient (Wildman–Crippen LogP) is 2.85. The van der Waals surface area contributed by atoms with Crippen LogP contribution in [0.25, 0.3) is 0 Å². The molecule has 3 nitrogen and oxygen atoms in total. The molecule has 19 heavy (non-hydrogen) atoms. The second kappa shape index (κ2) is 9.59. The van der Waals surface area contributed by atoms with Gasteiger partial charge in [0.25, 0.3) is 0 Å². The van der Waals surface area contributed by atoms with Crippen LogP contribution in [0, 0.1) is 0 Å². The van der Waals surface area contributed by atoms with Crippen LogP contribution >= 0.6 is 11.6 Å². The van der Waals surface area contributed by atoms with Crippen molar-refractivity contribution >= 4 is 17.5 Å². The van der Waals surface area contributed by atoms with Gasteiger partial charge in [-0.05, 0) is 18.9 Å². The van der Waals surface area contributed by atoms with E-state index >= 15 is 0 Å². The lowest BCUT2D eigenvalue weighted by Crippen LogP contribution is -2.30. The van der Waals surface area contributed by atoms with Crippen molar-refractivity contribution in [2.45, 2.75) is 13.3 Å². The molecule has 1 aromatic carbocycles. The molecule has 0 bridgehead atoms. The molecule has 0 saturated carbocycles. The molecule has 0 aliphatic rings. The van der Waals surface area contributed by atoms with Gasteiger partial charge in [0, 0.05) is 19.4 Å². The van der Waals surface area contributed by atoms with Crippen LogP contribution in [0.3, 0.4) is 0 Å². The number of rotatable bonds is 8. The number of halogens is 1. The molecule has 1 rings (SSSR count). The van der Waals surface area contributed by atoms with Crippen LogP contribution < -0.4 is 0 Å². The Balaban J connectivity index is 2.49. The van der Waals surface area contributed by atoms with Crippen LogP contribution in [-0.2, 0) is 16.0 Å². The Kier molecular flexibility index (Phi) is 7.94. The first-order valence-corrected chi connectivity index (χ1v) is 6.95. The van der Waals surface area contributed by atoms with E-state index in [9.17, 15) is 4.79 Å². The third-order valence-electron chi connectivity index (χ3n) is 2.60. The summed E-state index contributed by atoms with van der Waals surface area (Å²) in [5.74, 6) is -0.118. The number of hydrogen-bond acceptors (Lipinski definition) is 2. The minimum absolute atomic E-state index is 0.0121. The molecule has 104 valence electrons. The lowest BCUT2D eigenvalue weighted by atomic mass is 10.1. The molecule has 0 heterocycles. The van der Waals surface area contributed by atoms with Crippen molar-refractivity contribution < 1.29 is 9.53 Å². The maximum Gasteiger partial charge on any atom is 0.241 e. The van der Waals surface area contributed by atoms with Gasteiger partial charge in [0.15, 0.2) is 0 Å². The average Bonchev–Trinajstić information content (AvgIpc) is 2.46. The molecule has 0 unspecified atom stereocenters. The number of benzene rings is 1. The predicted molar refractivity (Wildman–Crippen MR) is 78.2 cm³/mol. The van der Waals surface area contributed by atoms with Gasteiger partial charge >= 0.3 is 0 Å². The molecular weight excluding hydrogens is 262 g/mol. The van der Waals surface area contributed by atoms with Gasteiger partial charge in [-0.1, -0.05) is 36.4 Å². The zero-order chi connectivity index (χ0) is 13.9. The number of alkyl halides is 1. The van der Waals surface area contributed by atoms with E-state index in [1.165, 1.54) is 5.56 Å². The Bertz CT molecular complexity index is 392. The van der Waals surface area contributed by atoms with Gasteiger partial charge < -0.3 is 9.64 Å². The summed E-state index contributed by atoms with van der Waals surface area (Å²) in [6, 6.07) is 10.1. The van der Waals surface area contributed by atoms with E-state index in [4.69, 9.17) is 16.3 Å². The molecule has 0 aliphatic carbocycles. The first kappa shape index (κ1) is 15.7. The Morgan fingerprint density at radius 1 is 1.37 bits per heavy atom. The SMILES string of the molecule is CCOCCN(C=CCc1ccccc1)C(=O)CCl. The minimum Gasteiger partial charge on any atom is -0.380 e. The number of amides is 1. The molecule has 0 N–H and O–H groups in total. The second-order valence-corrected chi connectivity index (χ2v) is 4.26. The van der Waals surface area contributed by atoms with Crippen molar-refractivity contribution in [2.75, 3.05) is 25.6 Å². The summed E-state index contributed by atoms with van der Waals surface area (Å²) in [4.78, 5) is 13.2. The summed E-state index contributed by atoms with van der Waals surface area (Å²) >= 11 is 5.59. The zero-order valence-corrected chi connectivity index (χ0v) is 12.0. The Hall–Kier alpha value is -1.32. The van der Waals surface area contributed by atoms with E-state index in [1.807, 2.05) is 31.2 Å². The van der Waals surface area contributed by atoms with Gasteiger partial charge in [0.1, 0.15) is 5.88 Å². The lowest BCUT2D eigenvalue weighted by molar-refractivity contribution is -0.126. The largest absolute Gasteiger partial charge is 0.380 e. The maximum absolute atomic E-state index is 11.6. The third-order valence-corrected chi connectivity index (χ3v) is 2.83. The van der Waals surface area contributed by atoms with Crippen LogP contribution in [-0.4, -0.2) is 36.4 Å². The highest BCUT2D eigenvalue weighted by atomic mass is 35.5. The van der Waals surface area contributed by atoms with E-state index in [0.717, 1.165) is 6.42 Å². The zero-order valence-electron chi connectivity index (χ0n) is 11.2. The summed E-state index contributed by atoms with van der Waals surface area (Å²) in [6.07, 6.45) is 4.55. The maximum atomic E-state index is 11.6. The average molecular weight is 282 g/mol. The Morgan fingerprint density at radius 2 is 2.11 bits per heavy atom. The molecule has 1 aromatic rings. The fourth-order valence-corrected chi connectivity index (χ4v) is 1.75. The second-order valence-electron chi connectivity index (χ2n) is 3.99. The molecule has 1 amide bonds. The van der Waals surface area contributed by atoms with Crippen LogP contribution in [0.15, 0.2) is 42.6 Å². The minimum atomic E-state index is -0.106. The summed E-state index contributed by atoms with van der Waals surface area (Å²) in [5, 5.41) is 0. The number of nitrogens with zero attached hydrogens (tertiary/aromatic N) is 1. The lowest BCUT2D eigenvalue weighted by Gasteiger charge is -2.17. The van der Waals surface area contributed by atoms with Gasteiger partial charge in [0.05, 0.1) is 6.61 Å². The fourth-order valence-electron chi connectivity index (χ4n) is 1.60. The van der Waals surface area contributed by atoms with Gasteiger partial charge in [-0.2, -0.15) is 0 Å². The van der Waals surface area contributed by atoms with Gasteiger partial charge in [-0.15, -0.1) is 11.6 Å². The number of carbonyl (C=O) groups excluding carboxylic acids is 1. The van der Waals surface area contributed by atoms with Crippen LogP contribution in [0.2, 0.25) is 0 Å². The number of carbonyl (C=O) groups is 1. The van der Waals surface area contributed by atoms with Crippen LogP contribution in [0.5, 0.6) is 0 Å². The van der Waals surface area contributed by atoms with Gasteiger partial charge in [0.2, 0.25) is 5.91 Å². The van der Waals surface area contributed by atoms with Crippen molar-refractivity contribution in [3.8, 4) is 0 Å². The van der Waals surface area contributed by atoms with Crippen molar-refractivity contribution in [3.63, 3.8) is 0 Å². The molecule has 0 aliphatic heterocycles. The molecular formula is C15H20ClNO2. The summed E-state index contributed by atoms with van der Waals surface area (Å²) < 4.78 is 5.25. The highest BCUT2D eigenvalue weighted by molar-refractivity contribution is 6.27. The standard InChI is InChI=1S/C15H20ClNO2/c1-2-19-12-11-17(15(18)13-16)10-6-9-14-7-4-3-5-8-14/h3-8,10H,2,9,11-13H2,1H3. The van der Waals surface area contributed by atoms with E-state index < -0.39 is 0 Å². The van der Waals surface area contributed by atoms with Crippen molar-refractivity contribution in [2.24, 2.45) is 0 Å². The molecule has 0 aromatic heterocycles. The van der Waals surface area contributed by atoms with E-state index in [2.05, 4.69) is 12.1 Å². The monoisotopic (exact) mass is 281 g/mol. The molecule has 0 saturated heterocycles. The van der Waals surface area contributed by atoms with E-state index in [1.54, 1.807) is 11.1 Å². The first-order valence-electron chi connectivity index (χ1n) is 6.41. The molecule has 0 fully saturated rings. The Labute approximate surface area is 119 Å². The topological polar surface area (TPSA) is 29.5 Å². The number of hydrogen-bond donors (Lipinski definition) is 0. The normalized spacial score (nSPS) is 10.8. The number of ether oxygens (including phenoxy) is 1. The van der Waals surface area contributed by atoms with Crippen molar-refractivity contribution in [1.82, 2.24) is 4.90 Å². The van der Waals surface area contributed by atoms with E-state index in [0.29, 0.717) is 19.8 Å². The van der Waals surface area contributed by atoms with Crippen LogP contribution in [0.1, 0.15) is 12.5 Å². The first-order chi connectivity index (χ1) is 9.27. The molecule has 4 heteroatoms. The van der Waals surface area contributed by atoms with Gasteiger partial charge in [-0.25, -0.2) is 0 Å². The van der Waals surface area contributed by atoms with Crippen LogP contribution in [0.4, 0.5) is 0 Å². The third kappa shape index (κ3) is 6.41. The highest BCUT2D eigenvalue weighted by Crippen LogP contribution is 2.02. The molecule has 0 atom stereocenters. The number of allylic oxidation sites excluding steroid dienone is 1. The quantitative estimate of drug-likeness (QED) is 0.542. The van der Waals surface area contributed by atoms with Crippen molar-refractivity contribution in [3.05, 3.63) is 48.2 Å². The fraction of sp³-hybridized carbons (Fsp3) is 0.400. The Morgan fingerprint density at radius 3 is 2.74 bits per heavy atom. The smallest absolute Gasteiger partial charge is 0.241 e. The molecule has 0 radical (unpaired) electrons. The van der Waals surface area contributed by atoms with Gasteiger partial charge in [-0.3, -0.25) is 4.79 Å². The van der Waals surface area contributed by atoms with Crippen molar-refractivity contribution in [1.29, 1.82) is 0 Å². The summed E-state index contributed by atoms with van der Waals surface area (Å²) in [6.45, 7) is 3.63. The summed E-state index contributed by atoms with van der Waals surface area (Å²) in [5.41, 5.74) is 1.21. The highest BCUT2D eigenvalue weighted by Gasteiger charge is 2.08. The van der Waals surface area contributed by atoms with E-state index in [-0.39, 0.29) is 11.8 Å². The molecule has 0 spiro atoms.